The average Bonchev–Trinajstić information content (AvgIpc) is 2.66. The topological polar surface area (TPSA) is 29.9 Å². The van der Waals surface area contributed by atoms with E-state index in [-0.39, 0.29) is 0 Å². The monoisotopic (exact) mass is 279 g/mol. The van der Waals surface area contributed by atoms with Crippen LogP contribution in [0.2, 0.25) is 0 Å². The number of aromatic nitrogens is 2. The van der Waals surface area contributed by atoms with Gasteiger partial charge in [0.1, 0.15) is 0 Å². The van der Waals surface area contributed by atoms with E-state index in [1.807, 2.05) is 25.5 Å². The van der Waals surface area contributed by atoms with Gasteiger partial charge in [-0.2, -0.15) is 0 Å². The van der Waals surface area contributed by atoms with E-state index < -0.39 is 0 Å². The maximum Gasteiger partial charge on any atom is 0.0953 e. The van der Waals surface area contributed by atoms with Gasteiger partial charge in [-0.25, -0.2) is 4.98 Å². The van der Waals surface area contributed by atoms with Gasteiger partial charge >= 0.3 is 0 Å². The fraction of sp³-hybridized carbons (Fsp3) is 0.250. The van der Waals surface area contributed by atoms with Gasteiger partial charge in [0, 0.05) is 23.8 Å². The van der Waals surface area contributed by atoms with Crippen molar-refractivity contribution in [3.8, 4) is 0 Å². The molecule has 4 heteroatoms. The molecule has 16 heavy (non-hydrogen) atoms. The summed E-state index contributed by atoms with van der Waals surface area (Å²) in [5.74, 6) is 0. The number of nitrogens with zero attached hydrogens (tertiary/aromatic N) is 2. The quantitative estimate of drug-likeness (QED) is 0.932. The second-order valence-corrected chi connectivity index (χ2v) is 4.61. The van der Waals surface area contributed by atoms with Crippen molar-refractivity contribution >= 4 is 15.9 Å². The molecular formula is C12H14BrN3. The van der Waals surface area contributed by atoms with Crippen molar-refractivity contribution in [2.45, 2.75) is 13.1 Å². The third-order valence-corrected chi connectivity index (χ3v) is 2.79. The number of hydrogen-bond acceptors (Lipinski definition) is 2. The first-order valence-corrected chi connectivity index (χ1v) is 5.97. The molecule has 0 radical (unpaired) electrons. The summed E-state index contributed by atoms with van der Waals surface area (Å²) < 4.78 is 3.20. The van der Waals surface area contributed by atoms with Gasteiger partial charge in [0.05, 0.1) is 12.0 Å². The van der Waals surface area contributed by atoms with Gasteiger partial charge in [0.2, 0.25) is 0 Å². The smallest absolute Gasteiger partial charge is 0.0953 e. The van der Waals surface area contributed by atoms with E-state index in [4.69, 9.17) is 0 Å². The summed E-state index contributed by atoms with van der Waals surface area (Å²) in [6, 6.07) is 8.31. The number of hydrogen-bond donors (Lipinski definition) is 1. The fourth-order valence-electron chi connectivity index (χ4n) is 1.61. The Morgan fingerprint density at radius 3 is 3.06 bits per heavy atom. The minimum Gasteiger partial charge on any atom is -0.333 e. The summed E-state index contributed by atoms with van der Waals surface area (Å²) in [4.78, 5) is 4.31. The Morgan fingerprint density at radius 1 is 1.44 bits per heavy atom. The van der Waals surface area contributed by atoms with E-state index in [2.05, 4.69) is 49.1 Å². The average molecular weight is 280 g/mol. The SMILES string of the molecule is CNCc1cn(Cc2cccc(Br)c2)cn1. The van der Waals surface area contributed by atoms with Crippen molar-refractivity contribution in [3.05, 3.63) is 52.5 Å². The predicted octanol–water partition coefficient (Wildman–Crippen LogP) is 2.41. The first-order valence-electron chi connectivity index (χ1n) is 5.17. The first kappa shape index (κ1) is 11.4. The molecule has 0 aliphatic heterocycles. The molecule has 2 aromatic rings. The molecule has 84 valence electrons. The molecule has 1 aromatic carbocycles. The van der Waals surface area contributed by atoms with Crippen LogP contribution in [0, 0.1) is 0 Å². The lowest BCUT2D eigenvalue weighted by Crippen LogP contribution is -2.05. The fourth-order valence-corrected chi connectivity index (χ4v) is 2.06. The van der Waals surface area contributed by atoms with Gasteiger partial charge in [-0.05, 0) is 24.7 Å². The van der Waals surface area contributed by atoms with Gasteiger partial charge in [-0.1, -0.05) is 28.1 Å². The Bertz CT molecular complexity index is 465. The van der Waals surface area contributed by atoms with Gasteiger partial charge in [-0.15, -0.1) is 0 Å². The number of halogens is 1. The summed E-state index contributed by atoms with van der Waals surface area (Å²) in [6.07, 6.45) is 3.94. The lowest BCUT2D eigenvalue weighted by Gasteiger charge is -2.02. The molecule has 1 aromatic heterocycles. The van der Waals surface area contributed by atoms with E-state index in [1.54, 1.807) is 0 Å². The predicted molar refractivity (Wildman–Crippen MR) is 68.2 cm³/mol. The molecule has 3 nitrogen and oxygen atoms in total. The summed E-state index contributed by atoms with van der Waals surface area (Å²) in [6.45, 7) is 1.67. The number of rotatable bonds is 4. The van der Waals surface area contributed by atoms with Gasteiger partial charge in [0.15, 0.2) is 0 Å². The number of nitrogens with one attached hydrogen (secondary N) is 1. The zero-order valence-corrected chi connectivity index (χ0v) is 10.7. The van der Waals surface area contributed by atoms with Crippen molar-refractivity contribution in [1.29, 1.82) is 0 Å². The zero-order chi connectivity index (χ0) is 11.4. The van der Waals surface area contributed by atoms with Crippen LogP contribution in [0.4, 0.5) is 0 Å². The highest BCUT2D eigenvalue weighted by atomic mass is 79.9. The van der Waals surface area contributed by atoms with Crippen molar-refractivity contribution in [1.82, 2.24) is 14.9 Å². The minimum atomic E-state index is 0.811. The molecule has 0 unspecified atom stereocenters. The second kappa shape index (κ2) is 5.27. The van der Waals surface area contributed by atoms with Crippen molar-refractivity contribution < 1.29 is 0 Å². The second-order valence-electron chi connectivity index (χ2n) is 3.70. The van der Waals surface area contributed by atoms with E-state index in [9.17, 15) is 0 Å². The van der Waals surface area contributed by atoms with Crippen LogP contribution in [0.25, 0.3) is 0 Å². The highest BCUT2D eigenvalue weighted by molar-refractivity contribution is 9.10. The Balaban J connectivity index is 2.08. The molecule has 2 rings (SSSR count). The maximum absolute atomic E-state index is 4.31. The van der Waals surface area contributed by atoms with Gasteiger partial charge in [0.25, 0.3) is 0 Å². The van der Waals surface area contributed by atoms with Crippen LogP contribution >= 0.6 is 15.9 Å². The van der Waals surface area contributed by atoms with Crippen LogP contribution in [0.15, 0.2) is 41.3 Å². The van der Waals surface area contributed by atoms with Crippen LogP contribution < -0.4 is 5.32 Å². The van der Waals surface area contributed by atoms with Crippen molar-refractivity contribution in [3.63, 3.8) is 0 Å². The molecule has 0 aliphatic carbocycles. The van der Waals surface area contributed by atoms with Gasteiger partial charge < -0.3 is 9.88 Å². The molecule has 0 atom stereocenters. The summed E-state index contributed by atoms with van der Waals surface area (Å²) in [5.41, 5.74) is 2.33. The Hall–Kier alpha value is -1.13. The molecule has 1 heterocycles. The normalized spacial score (nSPS) is 10.6. The molecule has 0 aliphatic rings. The van der Waals surface area contributed by atoms with E-state index in [0.717, 1.165) is 23.3 Å². The number of imidazole rings is 1. The number of benzene rings is 1. The molecule has 0 spiro atoms. The molecule has 0 amide bonds. The van der Waals surface area contributed by atoms with Crippen molar-refractivity contribution in [2.75, 3.05) is 7.05 Å². The third kappa shape index (κ3) is 2.93. The largest absolute Gasteiger partial charge is 0.333 e. The van der Waals surface area contributed by atoms with E-state index in [1.165, 1.54) is 5.56 Å². The van der Waals surface area contributed by atoms with Crippen LogP contribution in [0.5, 0.6) is 0 Å². The molecule has 0 fully saturated rings. The third-order valence-electron chi connectivity index (χ3n) is 2.30. The van der Waals surface area contributed by atoms with Crippen LogP contribution in [-0.4, -0.2) is 16.6 Å². The summed E-state index contributed by atoms with van der Waals surface area (Å²) >= 11 is 3.47. The highest BCUT2D eigenvalue weighted by Gasteiger charge is 1.99. The van der Waals surface area contributed by atoms with Crippen molar-refractivity contribution in [2.24, 2.45) is 0 Å². The van der Waals surface area contributed by atoms with E-state index >= 15 is 0 Å². The molecular weight excluding hydrogens is 266 g/mol. The molecule has 0 saturated heterocycles. The Kier molecular flexibility index (Phi) is 3.74. The minimum absolute atomic E-state index is 0.811. The van der Waals surface area contributed by atoms with Crippen LogP contribution in [-0.2, 0) is 13.1 Å². The lowest BCUT2D eigenvalue weighted by atomic mass is 10.2. The Labute approximate surface area is 104 Å². The summed E-state index contributed by atoms with van der Waals surface area (Å²) in [5, 5.41) is 3.09. The van der Waals surface area contributed by atoms with Gasteiger partial charge in [-0.3, -0.25) is 0 Å². The lowest BCUT2D eigenvalue weighted by molar-refractivity contribution is 0.782. The molecule has 0 saturated carbocycles. The standard InChI is InChI=1S/C12H14BrN3/c1-14-6-12-8-16(9-15-12)7-10-3-2-4-11(13)5-10/h2-5,8-9,14H,6-7H2,1H3. The van der Waals surface area contributed by atoms with Crippen LogP contribution in [0.3, 0.4) is 0 Å². The molecule has 1 N–H and O–H groups in total. The summed E-state index contributed by atoms with van der Waals surface area (Å²) in [7, 11) is 1.92. The highest BCUT2D eigenvalue weighted by Crippen LogP contribution is 2.12. The maximum atomic E-state index is 4.31. The Morgan fingerprint density at radius 2 is 2.31 bits per heavy atom. The van der Waals surface area contributed by atoms with E-state index in [0.29, 0.717) is 0 Å². The zero-order valence-electron chi connectivity index (χ0n) is 9.15. The first-order chi connectivity index (χ1) is 7.78. The van der Waals surface area contributed by atoms with Crippen LogP contribution in [0.1, 0.15) is 11.3 Å². The molecule has 0 bridgehead atoms.